The highest BCUT2D eigenvalue weighted by atomic mass is 16.4. The van der Waals surface area contributed by atoms with Crippen LogP contribution in [-0.4, -0.2) is 29.0 Å². The second-order valence-corrected chi connectivity index (χ2v) is 3.32. The summed E-state index contributed by atoms with van der Waals surface area (Å²) in [5.41, 5.74) is 0.643. The van der Waals surface area contributed by atoms with Crippen molar-refractivity contribution >= 4 is 12.3 Å². The third-order valence-electron chi connectivity index (χ3n) is 2.10. The fourth-order valence-corrected chi connectivity index (χ4v) is 1.41. The van der Waals surface area contributed by atoms with Crippen molar-refractivity contribution in [2.45, 2.75) is 12.5 Å². The van der Waals surface area contributed by atoms with Crippen LogP contribution in [0.3, 0.4) is 0 Å². The van der Waals surface area contributed by atoms with Gasteiger partial charge in [-0.15, -0.1) is 0 Å². The summed E-state index contributed by atoms with van der Waals surface area (Å²) in [7, 11) is 0. The molecular formula is C11H13NO4. The molecule has 16 heavy (non-hydrogen) atoms. The highest BCUT2D eigenvalue weighted by Crippen LogP contribution is 2.20. The fourth-order valence-electron chi connectivity index (χ4n) is 1.41. The molecule has 86 valence electrons. The summed E-state index contributed by atoms with van der Waals surface area (Å²) in [5.74, 6) is -0.896. The van der Waals surface area contributed by atoms with Crippen LogP contribution in [0.4, 0.5) is 0 Å². The molecule has 5 heteroatoms. The Labute approximate surface area is 92.7 Å². The van der Waals surface area contributed by atoms with Crippen LogP contribution in [0, 0.1) is 0 Å². The van der Waals surface area contributed by atoms with Crippen molar-refractivity contribution in [2.24, 2.45) is 0 Å². The number of aromatic hydroxyl groups is 1. The lowest BCUT2D eigenvalue weighted by molar-refractivity contribution is -0.137. The summed E-state index contributed by atoms with van der Waals surface area (Å²) in [6.45, 7) is 0.0770. The SMILES string of the molecule is O=CCNC(CC(=O)O)c1cccc(O)c1. The standard InChI is InChI=1S/C11H13NO4/c13-5-4-12-10(7-11(15)16)8-2-1-3-9(14)6-8/h1-3,5-6,10,12,14H,4,7H2,(H,15,16). The van der Waals surface area contributed by atoms with Gasteiger partial charge in [0, 0.05) is 6.04 Å². The molecule has 0 aliphatic carbocycles. The fraction of sp³-hybridized carbons (Fsp3) is 0.273. The topological polar surface area (TPSA) is 86.6 Å². The Morgan fingerprint density at radius 1 is 1.50 bits per heavy atom. The summed E-state index contributed by atoms with van der Waals surface area (Å²) < 4.78 is 0. The number of aldehydes is 1. The monoisotopic (exact) mass is 223 g/mol. The largest absolute Gasteiger partial charge is 0.508 e. The second-order valence-electron chi connectivity index (χ2n) is 3.32. The molecule has 1 aromatic rings. The first-order chi connectivity index (χ1) is 7.63. The average molecular weight is 223 g/mol. The van der Waals surface area contributed by atoms with Gasteiger partial charge in [0.25, 0.3) is 0 Å². The number of carbonyl (C=O) groups is 2. The highest BCUT2D eigenvalue weighted by Gasteiger charge is 2.14. The lowest BCUT2D eigenvalue weighted by Gasteiger charge is -2.15. The van der Waals surface area contributed by atoms with Crippen LogP contribution in [0.1, 0.15) is 18.0 Å². The zero-order valence-corrected chi connectivity index (χ0v) is 8.59. The Morgan fingerprint density at radius 3 is 2.81 bits per heavy atom. The summed E-state index contributed by atoms with van der Waals surface area (Å²) in [5, 5.41) is 20.8. The lowest BCUT2D eigenvalue weighted by atomic mass is 10.0. The number of aliphatic carboxylic acids is 1. The Bertz CT molecular complexity index is 378. The molecule has 3 N–H and O–H groups in total. The molecule has 5 nitrogen and oxygen atoms in total. The number of phenols is 1. The number of carboxylic acid groups (broad SMARTS) is 1. The number of rotatable bonds is 6. The van der Waals surface area contributed by atoms with Crippen LogP contribution < -0.4 is 5.32 Å². The quantitative estimate of drug-likeness (QED) is 0.618. The predicted molar refractivity (Wildman–Crippen MR) is 57.2 cm³/mol. The van der Waals surface area contributed by atoms with Crippen molar-refractivity contribution in [1.82, 2.24) is 5.32 Å². The first kappa shape index (κ1) is 12.2. The lowest BCUT2D eigenvalue weighted by Crippen LogP contribution is -2.25. The Hall–Kier alpha value is -1.88. The van der Waals surface area contributed by atoms with E-state index in [9.17, 15) is 14.7 Å². The van der Waals surface area contributed by atoms with Gasteiger partial charge in [-0.2, -0.15) is 0 Å². The van der Waals surface area contributed by atoms with E-state index in [-0.39, 0.29) is 18.7 Å². The number of phenolic OH excluding ortho intramolecular Hbond substituents is 1. The normalized spacial score (nSPS) is 12.0. The maximum Gasteiger partial charge on any atom is 0.305 e. The molecule has 0 saturated carbocycles. The Kier molecular flexibility index (Phi) is 4.47. The van der Waals surface area contributed by atoms with Crippen molar-refractivity contribution < 1.29 is 19.8 Å². The first-order valence-corrected chi connectivity index (χ1v) is 4.81. The van der Waals surface area contributed by atoms with Gasteiger partial charge in [0.05, 0.1) is 13.0 Å². The van der Waals surface area contributed by atoms with Crippen LogP contribution >= 0.6 is 0 Å². The van der Waals surface area contributed by atoms with E-state index in [4.69, 9.17) is 5.11 Å². The van der Waals surface area contributed by atoms with Gasteiger partial charge in [0.1, 0.15) is 12.0 Å². The molecule has 0 spiro atoms. The van der Waals surface area contributed by atoms with Crippen molar-refractivity contribution in [2.75, 3.05) is 6.54 Å². The van der Waals surface area contributed by atoms with E-state index in [0.717, 1.165) is 0 Å². The number of carboxylic acids is 1. The van der Waals surface area contributed by atoms with E-state index in [1.807, 2.05) is 0 Å². The minimum absolute atomic E-state index is 0.0702. The molecule has 0 radical (unpaired) electrons. The molecule has 0 aromatic heterocycles. The minimum Gasteiger partial charge on any atom is -0.508 e. The number of carbonyl (C=O) groups excluding carboxylic acids is 1. The van der Waals surface area contributed by atoms with Crippen LogP contribution in [0.25, 0.3) is 0 Å². The Balaban J connectivity index is 2.81. The first-order valence-electron chi connectivity index (χ1n) is 4.81. The average Bonchev–Trinajstić information content (AvgIpc) is 2.23. The minimum atomic E-state index is -0.966. The summed E-state index contributed by atoms with van der Waals surface area (Å²) in [6, 6.07) is 5.83. The molecule has 1 atom stereocenters. The van der Waals surface area contributed by atoms with Gasteiger partial charge in [0.2, 0.25) is 0 Å². The van der Waals surface area contributed by atoms with Gasteiger partial charge in [-0.25, -0.2) is 0 Å². The summed E-state index contributed by atoms with van der Waals surface area (Å²) in [4.78, 5) is 20.9. The highest BCUT2D eigenvalue weighted by molar-refractivity contribution is 5.68. The van der Waals surface area contributed by atoms with Crippen LogP contribution in [0.15, 0.2) is 24.3 Å². The van der Waals surface area contributed by atoms with Gasteiger partial charge in [-0.3, -0.25) is 4.79 Å². The molecule has 0 saturated heterocycles. The smallest absolute Gasteiger partial charge is 0.305 e. The number of hydrogen-bond acceptors (Lipinski definition) is 4. The zero-order chi connectivity index (χ0) is 12.0. The van der Waals surface area contributed by atoms with Gasteiger partial charge in [0.15, 0.2) is 0 Å². The second kappa shape index (κ2) is 5.87. The number of benzene rings is 1. The third-order valence-corrected chi connectivity index (χ3v) is 2.10. The molecule has 1 aromatic carbocycles. The van der Waals surface area contributed by atoms with E-state index in [1.165, 1.54) is 12.1 Å². The molecular weight excluding hydrogens is 210 g/mol. The molecule has 0 aliphatic heterocycles. The van der Waals surface area contributed by atoms with E-state index in [1.54, 1.807) is 12.1 Å². The van der Waals surface area contributed by atoms with Gasteiger partial charge < -0.3 is 20.3 Å². The molecule has 1 unspecified atom stereocenters. The van der Waals surface area contributed by atoms with Crippen molar-refractivity contribution in [3.8, 4) is 5.75 Å². The van der Waals surface area contributed by atoms with Crippen molar-refractivity contribution in [3.63, 3.8) is 0 Å². The molecule has 0 heterocycles. The van der Waals surface area contributed by atoms with E-state index in [2.05, 4.69) is 5.32 Å². The molecule has 0 aliphatic rings. The molecule has 0 bridgehead atoms. The van der Waals surface area contributed by atoms with Crippen LogP contribution in [0.2, 0.25) is 0 Å². The molecule has 1 rings (SSSR count). The van der Waals surface area contributed by atoms with Crippen molar-refractivity contribution in [3.05, 3.63) is 29.8 Å². The van der Waals surface area contributed by atoms with Gasteiger partial charge in [-0.05, 0) is 17.7 Å². The van der Waals surface area contributed by atoms with E-state index < -0.39 is 12.0 Å². The van der Waals surface area contributed by atoms with Crippen molar-refractivity contribution in [1.29, 1.82) is 0 Å². The van der Waals surface area contributed by atoms with Crippen LogP contribution in [-0.2, 0) is 9.59 Å². The molecule has 0 fully saturated rings. The molecule has 0 amide bonds. The third kappa shape index (κ3) is 3.70. The van der Waals surface area contributed by atoms with E-state index in [0.29, 0.717) is 11.8 Å². The summed E-state index contributed by atoms with van der Waals surface area (Å²) in [6.07, 6.45) is 0.523. The number of nitrogens with one attached hydrogen (secondary N) is 1. The maximum absolute atomic E-state index is 10.6. The zero-order valence-electron chi connectivity index (χ0n) is 8.59. The Morgan fingerprint density at radius 2 is 2.25 bits per heavy atom. The maximum atomic E-state index is 10.6. The number of hydrogen-bond donors (Lipinski definition) is 3. The predicted octanol–water partition coefficient (Wildman–Crippen LogP) is 0.696. The summed E-state index contributed by atoms with van der Waals surface area (Å²) >= 11 is 0. The van der Waals surface area contributed by atoms with Gasteiger partial charge in [-0.1, -0.05) is 12.1 Å². The van der Waals surface area contributed by atoms with E-state index >= 15 is 0 Å². The van der Waals surface area contributed by atoms with Gasteiger partial charge >= 0.3 is 5.97 Å². The van der Waals surface area contributed by atoms with Crippen LogP contribution in [0.5, 0.6) is 5.75 Å².